The number of benzene rings is 2. The molecule has 0 radical (unpaired) electrons. The lowest BCUT2D eigenvalue weighted by Gasteiger charge is -2.21. The Labute approximate surface area is 154 Å². The second-order valence-electron chi connectivity index (χ2n) is 6.75. The number of fused-ring (bicyclic) bond motifs is 1. The zero-order chi connectivity index (χ0) is 18.3. The van der Waals surface area contributed by atoms with E-state index in [1.165, 1.54) is 0 Å². The van der Waals surface area contributed by atoms with Gasteiger partial charge in [-0.2, -0.15) is 5.21 Å². The zero-order valence-corrected chi connectivity index (χ0v) is 14.4. The van der Waals surface area contributed by atoms with Gasteiger partial charge in [0, 0.05) is 35.7 Å². The first-order chi connectivity index (χ1) is 13.2. The Morgan fingerprint density at radius 1 is 1.04 bits per heavy atom. The number of tetrazole rings is 1. The molecule has 2 N–H and O–H groups in total. The second kappa shape index (κ2) is 6.08. The van der Waals surface area contributed by atoms with E-state index in [2.05, 4.69) is 25.9 Å². The molecule has 0 bridgehead atoms. The average Bonchev–Trinajstić information content (AvgIpc) is 3.43. The Hall–Kier alpha value is -3.42. The molecular weight excluding hydrogens is 346 g/mol. The van der Waals surface area contributed by atoms with Crippen molar-refractivity contribution in [1.82, 2.24) is 20.6 Å². The van der Waals surface area contributed by atoms with Gasteiger partial charge in [-0.15, -0.1) is 10.2 Å². The van der Waals surface area contributed by atoms with Crippen LogP contribution in [0, 0.1) is 0 Å². The zero-order valence-electron chi connectivity index (χ0n) is 14.4. The quantitative estimate of drug-likeness (QED) is 0.741. The standard InChI is InChI=1S/C19H17N5O3/c25-18(13-5-3-12(4-6-13)17-21-23-24-22-17)20-14-7-8-15-16(11-14)27-19(26-15)9-1-2-10-19/h3-8,11H,1-2,9-10H2,(H,20,25)(H,21,22,23,24). The number of ether oxygens (including phenoxy) is 2. The molecule has 1 amide bonds. The monoisotopic (exact) mass is 363 g/mol. The molecule has 0 unspecified atom stereocenters. The van der Waals surface area contributed by atoms with E-state index in [0.717, 1.165) is 37.0 Å². The Kier molecular flexibility index (Phi) is 3.56. The third kappa shape index (κ3) is 2.88. The summed E-state index contributed by atoms with van der Waals surface area (Å²) >= 11 is 0. The number of rotatable bonds is 3. The molecule has 3 aromatic rings. The minimum absolute atomic E-state index is 0.205. The van der Waals surface area contributed by atoms with Gasteiger partial charge < -0.3 is 14.8 Å². The fourth-order valence-corrected chi connectivity index (χ4v) is 3.55. The van der Waals surface area contributed by atoms with E-state index in [-0.39, 0.29) is 5.91 Å². The van der Waals surface area contributed by atoms with Gasteiger partial charge in [0.15, 0.2) is 11.5 Å². The minimum Gasteiger partial charge on any atom is -0.448 e. The number of anilines is 1. The van der Waals surface area contributed by atoms with Gasteiger partial charge in [-0.25, -0.2) is 0 Å². The molecule has 8 nitrogen and oxygen atoms in total. The maximum atomic E-state index is 12.5. The number of carbonyl (C=O) groups excluding carboxylic acids is 1. The second-order valence-corrected chi connectivity index (χ2v) is 6.75. The molecule has 1 spiro atoms. The Bertz CT molecular complexity index is 979. The summed E-state index contributed by atoms with van der Waals surface area (Å²) in [5.41, 5.74) is 1.98. The van der Waals surface area contributed by atoms with Gasteiger partial charge in [0.05, 0.1) is 0 Å². The van der Waals surface area contributed by atoms with Crippen molar-refractivity contribution in [3.8, 4) is 22.9 Å². The molecule has 136 valence electrons. The first-order valence-corrected chi connectivity index (χ1v) is 8.88. The van der Waals surface area contributed by atoms with Gasteiger partial charge in [0.2, 0.25) is 5.82 Å². The molecule has 2 heterocycles. The molecule has 1 aromatic heterocycles. The summed E-state index contributed by atoms with van der Waals surface area (Å²) in [6.07, 6.45) is 4.01. The molecular formula is C19H17N5O3. The lowest BCUT2D eigenvalue weighted by molar-refractivity contribution is -0.0716. The molecule has 8 heteroatoms. The summed E-state index contributed by atoms with van der Waals surface area (Å²) < 4.78 is 12.0. The lowest BCUT2D eigenvalue weighted by atomic mass is 10.1. The highest BCUT2D eigenvalue weighted by molar-refractivity contribution is 6.04. The maximum absolute atomic E-state index is 12.5. The van der Waals surface area contributed by atoms with Gasteiger partial charge in [0.25, 0.3) is 11.7 Å². The van der Waals surface area contributed by atoms with Crippen LogP contribution < -0.4 is 14.8 Å². The van der Waals surface area contributed by atoms with Gasteiger partial charge in [0.1, 0.15) is 0 Å². The van der Waals surface area contributed by atoms with E-state index in [1.54, 1.807) is 24.3 Å². The first kappa shape index (κ1) is 15.8. The number of hydrogen-bond acceptors (Lipinski definition) is 6. The Morgan fingerprint density at radius 3 is 2.56 bits per heavy atom. The Balaban J connectivity index is 1.30. The van der Waals surface area contributed by atoms with Gasteiger partial charge >= 0.3 is 0 Å². The number of aromatic amines is 1. The molecule has 2 aromatic carbocycles. The molecule has 0 saturated heterocycles. The van der Waals surface area contributed by atoms with Crippen LogP contribution in [0.3, 0.4) is 0 Å². The van der Waals surface area contributed by atoms with E-state index in [0.29, 0.717) is 22.8 Å². The van der Waals surface area contributed by atoms with Crippen LogP contribution in [0.2, 0.25) is 0 Å². The van der Waals surface area contributed by atoms with Crippen LogP contribution in [0.15, 0.2) is 42.5 Å². The highest BCUT2D eigenvalue weighted by Crippen LogP contribution is 2.47. The number of carbonyl (C=O) groups is 1. The van der Waals surface area contributed by atoms with Crippen LogP contribution in [0.1, 0.15) is 36.0 Å². The van der Waals surface area contributed by atoms with Crippen molar-refractivity contribution in [2.75, 3.05) is 5.32 Å². The van der Waals surface area contributed by atoms with E-state index in [9.17, 15) is 4.79 Å². The Morgan fingerprint density at radius 2 is 1.81 bits per heavy atom. The van der Waals surface area contributed by atoms with E-state index in [1.807, 2.05) is 18.2 Å². The van der Waals surface area contributed by atoms with Crippen LogP contribution in [0.5, 0.6) is 11.5 Å². The van der Waals surface area contributed by atoms with Crippen molar-refractivity contribution < 1.29 is 14.3 Å². The summed E-state index contributed by atoms with van der Waals surface area (Å²) in [6, 6.07) is 12.5. The van der Waals surface area contributed by atoms with Crippen molar-refractivity contribution in [3.63, 3.8) is 0 Å². The molecule has 1 aliphatic heterocycles. The number of nitrogens with one attached hydrogen (secondary N) is 2. The third-order valence-electron chi connectivity index (χ3n) is 4.91. The summed E-state index contributed by atoms with van der Waals surface area (Å²) in [4.78, 5) is 12.5. The minimum atomic E-state index is -0.504. The molecule has 1 fully saturated rings. The number of nitrogens with zero attached hydrogens (tertiary/aromatic N) is 3. The predicted octanol–water partition coefficient (Wildman–Crippen LogP) is 3.16. The van der Waals surface area contributed by atoms with Crippen LogP contribution in [0.25, 0.3) is 11.4 Å². The van der Waals surface area contributed by atoms with Crippen molar-refractivity contribution in [2.45, 2.75) is 31.5 Å². The largest absolute Gasteiger partial charge is 0.448 e. The van der Waals surface area contributed by atoms with Gasteiger partial charge in [-0.05, 0) is 42.3 Å². The molecule has 2 aliphatic rings. The number of amides is 1. The van der Waals surface area contributed by atoms with Crippen LogP contribution in [-0.4, -0.2) is 32.3 Å². The van der Waals surface area contributed by atoms with Crippen LogP contribution in [-0.2, 0) is 0 Å². The smallest absolute Gasteiger partial charge is 0.255 e. The average molecular weight is 363 g/mol. The summed E-state index contributed by atoms with van der Waals surface area (Å²) in [6.45, 7) is 0. The topological polar surface area (TPSA) is 102 Å². The van der Waals surface area contributed by atoms with Crippen LogP contribution in [0.4, 0.5) is 5.69 Å². The third-order valence-corrected chi connectivity index (χ3v) is 4.91. The number of H-pyrrole nitrogens is 1. The predicted molar refractivity (Wildman–Crippen MR) is 96.5 cm³/mol. The summed E-state index contributed by atoms with van der Waals surface area (Å²) in [5.74, 6) is 1.19. The summed E-state index contributed by atoms with van der Waals surface area (Å²) in [7, 11) is 0. The first-order valence-electron chi connectivity index (χ1n) is 8.88. The van der Waals surface area contributed by atoms with Gasteiger partial charge in [-0.3, -0.25) is 4.79 Å². The van der Waals surface area contributed by atoms with Crippen molar-refractivity contribution in [3.05, 3.63) is 48.0 Å². The van der Waals surface area contributed by atoms with Crippen molar-refractivity contribution in [2.24, 2.45) is 0 Å². The highest BCUT2D eigenvalue weighted by Gasteiger charge is 2.44. The SMILES string of the molecule is O=C(Nc1ccc2c(c1)OC1(CCCC1)O2)c1ccc(-c2nn[nH]n2)cc1. The molecule has 0 atom stereocenters. The number of hydrogen-bond donors (Lipinski definition) is 2. The van der Waals surface area contributed by atoms with Gasteiger partial charge in [-0.1, -0.05) is 12.1 Å². The van der Waals surface area contributed by atoms with E-state index >= 15 is 0 Å². The summed E-state index contributed by atoms with van der Waals surface area (Å²) in [5, 5.41) is 16.7. The normalized spacial score (nSPS) is 16.6. The van der Waals surface area contributed by atoms with Crippen molar-refractivity contribution in [1.29, 1.82) is 0 Å². The molecule has 27 heavy (non-hydrogen) atoms. The van der Waals surface area contributed by atoms with E-state index < -0.39 is 5.79 Å². The van der Waals surface area contributed by atoms with Crippen molar-refractivity contribution >= 4 is 11.6 Å². The lowest BCUT2D eigenvalue weighted by Crippen LogP contribution is -2.34. The number of aromatic nitrogens is 4. The molecule has 5 rings (SSSR count). The van der Waals surface area contributed by atoms with E-state index in [4.69, 9.17) is 9.47 Å². The fraction of sp³-hybridized carbons (Fsp3) is 0.263. The molecule has 1 aliphatic carbocycles. The van der Waals surface area contributed by atoms with Crippen LogP contribution >= 0.6 is 0 Å². The highest BCUT2D eigenvalue weighted by atomic mass is 16.7. The fourth-order valence-electron chi connectivity index (χ4n) is 3.55. The maximum Gasteiger partial charge on any atom is 0.255 e. The molecule has 1 saturated carbocycles.